The van der Waals surface area contributed by atoms with Gasteiger partial charge in [-0.2, -0.15) is 0 Å². The lowest BCUT2D eigenvalue weighted by molar-refractivity contribution is -0.116. The number of halogens is 2. The second-order valence-electron chi connectivity index (χ2n) is 5.50. The molecule has 3 aromatic rings. The Bertz CT molecular complexity index is 1000. The van der Waals surface area contributed by atoms with E-state index < -0.39 is 0 Å². The lowest BCUT2D eigenvalue weighted by Gasteiger charge is -2.09. The number of nitrogen functional groups attached to an aromatic ring is 1. The van der Waals surface area contributed by atoms with E-state index in [4.69, 9.17) is 28.9 Å². The van der Waals surface area contributed by atoms with E-state index in [9.17, 15) is 9.59 Å². The lowest BCUT2D eigenvalue weighted by Crippen LogP contribution is -2.29. The molecular formula is C17H16Cl2N4O2. The summed E-state index contributed by atoms with van der Waals surface area (Å²) in [6.07, 6.45) is 0. The van der Waals surface area contributed by atoms with Gasteiger partial charge in [-0.15, -0.1) is 0 Å². The summed E-state index contributed by atoms with van der Waals surface area (Å²) in [6.45, 7) is 2.29. The molecule has 0 atom stereocenters. The van der Waals surface area contributed by atoms with Crippen LogP contribution in [0.2, 0.25) is 10.0 Å². The van der Waals surface area contributed by atoms with Crippen molar-refractivity contribution < 1.29 is 4.79 Å². The number of nitrogens with two attached hydrogens (primary N) is 1. The molecule has 25 heavy (non-hydrogen) atoms. The molecule has 0 spiro atoms. The van der Waals surface area contributed by atoms with Gasteiger partial charge in [0.1, 0.15) is 6.54 Å². The summed E-state index contributed by atoms with van der Waals surface area (Å²) in [5, 5.41) is 3.19. The van der Waals surface area contributed by atoms with Crippen LogP contribution in [0.3, 0.4) is 0 Å². The number of aromatic nitrogens is 2. The van der Waals surface area contributed by atoms with Crippen LogP contribution in [0, 0.1) is 0 Å². The Morgan fingerprint density at radius 3 is 2.24 bits per heavy atom. The fraction of sp³-hybridized carbons (Fsp3) is 0.176. The van der Waals surface area contributed by atoms with E-state index in [1.54, 1.807) is 4.57 Å². The number of carbonyl (C=O) groups is 1. The first-order valence-corrected chi connectivity index (χ1v) is 8.40. The summed E-state index contributed by atoms with van der Waals surface area (Å²) in [4.78, 5) is 24.9. The van der Waals surface area contributed by atoms with E-state index in [0.29, 0.717) is 17.7 Å². The molecule has 1 amide bonds. The topological polar surface area (TPSA) is 82.0 Å². The van der Waals surface area contributed by atoms with Crippen molar-refractivity contribution in [1.82, 2.24) is 9.13 Å². The van der Waals surface area contributed by atoms with Crippen molar-refractivity contribution in [3.8, 4) is 0 Å². The standard InChI is InChI=1S/C17H16Cl2N4O2/c1-2-22-13-5-3-4-6-14(13)23(17(22)25)9-15(24)21-10-7-11(18)16(20)12(19)8-10/h3-8H,2,9,20H2,1H3,(H,21,24). The molecule has 130 valence electrons. The molecule has 8 heteroatoms. The molecule has 0 aliphatic heterocycles. The van der Waals surface area contributed by atoms with Crippen LogP contribution in [0.5, 0.6) is 0 Å². The average molecular weight is 379 g/mol. The third-order valence-electron chi connectivity index (χ3n) is 3.91. The summed E-state index contributed by atoms with van der Waals surface area (Å²) in [5.74, 6) is -0.363. The Hall–Kier alpha value is -2.44. The normalized spacial score (nSPS) is 11.0. The molecule has 0 radical (unpaired) electrons. The molecule has 1 heterocycles. The van der Waals surface area contributed by atoms with E-state index in [0.717, 1.165) is 5.52 Å². The van der Waals surface area contributed by atoms with Crippen molar-refractivity contribution in [2.24, 2.45) is 0 Å². The van der Waals surface area contributed by atoms with Gasteiger partial charge in [0.25, 0.3) is 0 Å². The number of carbonyl (C=O) groups excluding carboxylic acids is 1. The van der Waals surface area contributed by atoms with Crippen LogP contribution in [-0.4, -0.2) is 15.0 Å². The Labute approximate surface area is 153 Å². The van der Waals surface area contributed by atoms with Crippen molar-refractivity contribution in [1.29, 1.82) is 0 Å². The highest BCUT2D eigenvalue weighted by molar-refractivity contribution is 6.39. The van der Waals surface area contributed by atoms with Crippen LogP contribution in [-0.2, 0) is 17.9 Å². The number of fused-ring (bicyclic) bond motifs is 1. The first-order chi connectivity index (χ1) is 11.9. The Morgan fingerprint density at radius 2 is 1.68 bits per heavy atom. The Morgan fingerprint density at radius 1 is 1.12 bits per heavy atom. The number of hydrogen-bond donors (Lipinski definition) is 2. The first kappa shape index (κ1) is 17.4. The third-order valence-corrected chi connectivity index (χ3v) is 4.53. The third kappa shape index (κ3) is 3.23. The highest BCUT2D eigenvalue weighted by Gasteiger charge is 2.15. The monoisotopic (exact) mass is 378 g/mol. The molecule has 1 aromatic heterocycles. The van der Waals surface area contributed by atoms with Gasteiger partial charge in [-0.1, -0.05) is 35.3 Å². The second kappa shape index (κ2) is 6.82. The van der Waals surface area contributed by atoms with Gasteiger partial charge in [0.2, 0.25) is 5.91 Å². The number of nitrogens with one attached hydrogen (secondary N) is 1. The van der Waals surface area contributed by atoms with Gasteiger partial charge in [0.15, 0.2) is 0 Å². The molecule has 0 aliphatic carbocycles. The quantitative estimate of drug-likeness (QED) is 0.682. The Kier molecular flexibility index (Phi) is 4.74. The number of imidazole rings is 1. The second-order valence-corrected chi connectivity index (χ2v) is 6.32. The SMILES string of the molecule is CCn1c(=O)n(CC(=O)Nc2cc(Cl)c(N)c(Cl)c2)c2ccccc21. The Balaban J connectivity index is 1.91. The van der Waals surface area contributed by atoms with E-state index in [2.05, 4.69) is 5.32 Å². The van der Waals surface area contributed by atoms with E-state index >= 15 is 0 Å². The fourth-order valence-corrected chi connectivity index (χ4v) is 3.22. The zero-order valence-corrected chi connectivity index (χ0v) is 14.9. The maximum atomic E-state index is 12.5. The maximum absolute atomic E-state index is 12.5. The first-order valence-electron chi connectivity index (χ1n) is 7.64. The highest BCUT2D eigenvalue weighted by Crippen LogP contribution is 2.31. The van der Waals surface area contributed by atoms with E-state index in [-0.39, 0.29) is 33.9 Å². The minimum Gasteiger partial charge on any atom is -0.396 e. The molecule has 3 N–H and O–H groups in total. The van der Waals surface area contributed by atoms with Crippen molar-refractivity contribution in [2.75, 3.05) is 11.1 Å². The lowest BCUT2D eigenvalue weighted by atomic mass is 10.2. The van der Waals surface area contributed by atoms with Gasteiger partial charge >= 0.3 is 5.69 Å². The smallest absolute Gasteiger partial charge is 0.329 e. The van der Waals surface area contributed by atoms with Crippen LogP contribution in [0.1, 0.15) is 6.92 Å². The van der Waals surface area contributed by atoms with Gasteiger partial charge in [-0.25, -0.2) is 4.79 Å². The zero-order chi connectivity index (χ0) is 18.1. The zero-order valence-electron chi connectivity index (χ0n) is 13.4. The van der Waals surface area contributed by atoms with Crippen LogP contribution in [0.15, 0.2) is 41.2 Å². The molecule has 0 saturated heterocycles. The number of benzene rings is 2. The minimum absolute atomic E-state index is 0.119. The van der Waals surface area contributed by atoms with Crippen molar-refractivity contribution in [3.63, 3.8) is 0 Å². The van der Waals surface area contributed by atoms with Gasteiger partial charge in [0.05, 0.1) is 26.8 Å². The number of nitrogens with zero attached hydrogens (tertiary/aromatic N) is 2. The largest absolute Gasteiger partial charge is 0.396 e. The van der Waals surface area contributed by atoms with Crippen LogP contribution >= 0.6 is 23.2 Å². The number of rotatable bonds is 4. The number of anilines is 2. The van der Waals surface area contributed by atoms with Crippen molar-refractivity contribution in [2.45, 2.75) is 20.0 Å². The van der Waals surface area contributed by atoms with Gasteiger partial charge in [-0.3, -0.25) is 13.9 Å². The van der Waals surface area contributed by atoms with E-state index in [1.165, 1.54) is 16.7 Å². The van der Waals surface area contributed by atoms with Gasteiger partial charge in [0, 0.05) is 12.2 Å². The molecular weight excluding hydrogens is 363 g/mol. The number of aryl methyl sites for hydroxylation is 1. The summed E-state index contributed by atoms with van der Waals surface area (Å²) in [5.41, 5.74) is 7.62. The van der Waals surface area contributed by atoms with Gasteiger partial charge in [-0.05, 0) is 31.2 Å². The predicted octanol–water partition coefficient (Wildman–Crippen LogP) is 3.35. The van der Waals surface area contributed by atoms with Crippen LogP contribution in [0.25, 0.3) is 11.0 Å². The van der Waals surface area contributed by atoms with Gasteiger partial charge < -0.3 is 11.1 Å². The molecule has 0 bridgehead atoms. The summed E-state index contributed by atoms with van der Waals surface area (Å²) < 4.78 is 3.06. The van der Waals surface area contributed by atoms with Crippen molar-refractivity contribution >= 4 is 51.5 Å². The average Bonchev–Trinajstić information content (AvgIpc) is 2.84. The molecule has 0 aliphatic rings. The van der Waals surface area contributed by atoms with Crippen molar-refractivity contribution in [3.05, 3.63) is 56.9 Å². The minimum atomic E-state index is -0.363. The number of para-hydroxylation sites is 2. The molecule has 2 aromatic carbocycles. The maximum Gasteiger partial charge on any atom is 0.329 e. The molecule has 0 fully saturated rings. The van der Waals surface area contributed by atoms with Crippen LogP contribution in [0.4, 0.5) is 11.4 Å². The predicted molar refractivity (Wildman–Crippen MR) is 101 cm³/mol. The fourth-order valence-electron chi connectivity index (χ4n) is 2.73. The summed E-state index contributed by atoms with van der Waals surface area (Å²) in [6, 6.07) is 10.4. The molecule has 6 nitrogen and oxygen atoms in total. The number of hydrogen-bond acceptors (Lipinski definition) is 3. The van der Waals surface area contributed by atoms with E-state index in [1.807, 2.05) is 31.2 Å². The molecule has 0 unspecified atom stereocenters. The summed E-state index contributed by atoms with van der Waals surface area (Å²) in [7, 11) is 0. The summed E-state index contributed by atoms with van der Waals surface area (Å²) >= 11 is 11.9. The molecule has 0 saturated carbocycles. The highest BCUT2D eigenvalue weighted by atomic mass is 35.5. The number of amides is 1. The molecule has 3 rings (SSSR count). The van der Waals surface area contributed by atoms with Crippen LogP contribution < -0.4 is 16.7 Å².